The van der Waals surface area contributed by atoms with E-state index in [2.05, 4.69) is 15.0 Å². The van der Waals surface area contributed by atoms with Crippen molar-refractivity contribution in [2.24, 2.45) is 5.92 Å². The number of pyridine rings is 1. The van der Waals surface area contributed by atoms with E-state index in [1.165, 1.54) is 30.6 Å². The average Bonchev–Trinajstić information content (AvgIpc) is 3.69. The number of alkyl carbamates (subject to hydrolysis) is 1. The highest BCUT2D eigenvalue weighted by Crippen LogP contribution is 2.37. The van der Waals surface area contributed by atoms with Crippen LogP contribution in [0.2, 0.25) is 10.0 Å². The van der Waals surface area contributed by atoms with Crippen LogP contribution in [0.4, 0.5) is 19.3 Å². The minimum Gasteiger partial charge on any atom is -0.489 e. The summed E-state index contributed by atoms with van der Waals surface area (Å²) in [5.74, 6) is 0.405. The lowest BCUT2D eigenvalue weighted by atomic mass is 10.0. The number of carbonyl (C=O) groups excluding carboxylic acids is 1. The van der Waals surface area contributed by atoms with E-state index in [1.807, 2.05) is 0 Å². The highest BCUT2D eigenvalue weighted by molar-refractivity contribution is 6.35. The molecule has 0 spiro atoms. The maximum absolute atomic E-state index is 13.0. The molecule has 1 aliphatic rings. The Morgan fingerprint density at radius 1 is 1.08 bits per heavy atom. The Balaban J connectivity index is 1.57. The fourth-order valence-corrected chi connectivity index (χ4v) is 4.07. The van der Waals surface area contributed by atoms with Gasteiger partial charge in [-0.15, -0.1) is 0 Å². The molecule has 3 N–H and O–H groups in total. The number of nitrogens with two attached hydrogens (primary N) is 1. The van der Waals surface area contributed by atoms with Gasteiger partial charge in [-0.1, -0.05) is 41.4 Å². The maximum atomic E-state index is 13.0. The van der Waals surface area contributed by atoms with Crippen molar-refractivity contribution in [3.05, 3.63) is 81.6 Å². The summed E-state index contributed by atoms with van der Waals surface area (Å²) in [7, 11) is 0. The number of hydrogen-bond donors (Lipinski definition) is 2. The first-order chi connectivity index (χ1) is 17.8. The predicted molar refractivity (Wildman–Crippen MR) is 136 cm³/mol. The SMILES string of the molecule is Nc1ccc(CNC(=O)O[C@@H](Cc2c(Cl)cncc2Cl)c2ccc(OC(F)F)c(OCC3CC3)c2)cc1. The topological polar surface area (TPSA) is 95.7 Å². The summed E-state index contributed by atoms with van der Waals surface area (Å²) in [6.07, 6.45) is 3.43. The van der Waals surface area contributed by atoms with Crippen LogP contribution in [0.1, 0.15) is 35.6 Å². The third kappa shape index (κ3) is 7.84. The van der Waals surface area contributed by atoms with Gasteiger partial charge in [-0.25, -0.2) is 4.79 Å². The molecule has 2 aromatic carbocycles. The summed E-state index contributed by atoms with van der Waals surface area (Å²) in [6.45, 7) is -2.44. The van der Waals surface area contributed by atoms with Crippen LogP contribution in [0, 0.1) is 5.92 Å². The zero-order valence-corrected chi connectivity index (χ0v) is 21.1. The monoisotopic (exact) mass is 551 g/mol. The number of amides is 1. The minimum atomic E-state index is -3.02. The Hall–Kier alpha value is -3.30. The van der Waals surface area contributed by atoms with Crippen molar-refractivity contribution in [2.45, 2.75) is 38.5 Å². The van der Waals surface area contributed by atoms with Crippen LogP contribution in [0.3, 0.4) is 0 Å². The molecule has 1 saturated carbocycles. The molecule has 1 aromatic heterocycles. The van der Waals surface area contributed by atoms with E-state index in [1.54, 1.807) is 24.3 Å². The highest BCUT2D eigenvalue weighted by atomic mass is 35.5. The van der Waals surface area contributed by atoms with Gasteiger partial charge in [0.2, 0.25) is 0 Å². The van der Waals surface area contributed by atoms with E-state index in [4.69, 9.17) is 38.4 Å². The first-order valence-corrected chi connectivity index (χ1v) is 12.3. The number of carbonyl (C=O) groups is 1. The Bertz CT molecular complexity index is 1210. The molecular formula is C26H25Cl2F2N3O4. The van der Waals surface area contributed by atoms with Crippen LogP contribution in [0.5, 0.6) is 11.5 Å². The molecule has 1 atom stereocenters. The number of nitrogens with one attached hydrogen (secondary N) is 1. The summed E-state index contributed by atoms with van der Waals surface area (Å²) in [4.78, 5) is 16.7. The Labute approximate surface area is 222 Å². The van der Waals surface area contributed by atoms with E-state index in [9.17, 15) is 13.6 Å². The van der Waals surface area contributed by atoms with Crippen molar-refractivity contribution in [1.29, 1.82) is 0 Å². The number of nitrogen functional groups attached to an aromatic ring is 1. The smallest absolute Gasteiger partial charge is 0.408 e. The zero-order chi connectivity index (χ0) is 26.4. The lowest BCUT2D eigenvalue weighted by Gasteiger charge is -2.22. The number of ether oxygens (including phenoxy) is 3. The summed E-state index contributed by atoms with van der Waals surface area (Å²) < 4.78 is 42.1. The quantitative estimate of drug-likeness (QED) is 0.261. The number of hydrogen-bond acceptors (Lipinski definition) is 6. The molecule has 1 fully saturated rings. The molecule has 0 unspecified atom stereocenters. The molecule has 4 rings (SSSR count). The first-order valence-electron chi connectivity index (χ1n) is 11.6. The number of halogens is 4. The van der Waals surface area contributed by atoms with Crippen molar-refractivity contribution >= 4 is 35.0 Å². The lowest BCUT2D eigenvalue weighted by molar-refractivity contribution is -0.0515. The Kier molecular flexibility index (Phi) is 8.89. The van der Waals surface area contributed by atoms with Crippen LogP contribution in [0.15, 0.2) is 54.9 Å². The summed E-state index contributed by atoms with van der Waals surface area (Å²) in [5, 5.41) is 3.29. The molecular weight excluding hydrogens is 527 g/mol. The fourth-order valence-electron chi connectivity index (χ4n) is 3.55. The number of benzene rings is 2. The van der Waals surface area contributed by atoms with Crippen molar-refractivity contribution in [3.8, 4) is 11.5 Å². The molecule has 7 nitrogen and oxygen atoms in total. The molecule has 0 radical (unpaired) electrons. The molecule has 37 heavy (non-hydrogen) atoms. The van der Waals surface area contributed by atoms with Gasteiger partial charge in [0.25, 0.3) is 0 Å². The van der Waals surface area contributed by atoms with Crippen molar-refractivity contribution in [1.82, 2.24) is 10.3 Å². The molecule has 1 aliphatic carbocycles. The van der Waals surface area contributed by atoms with Gasteiger partial charge in [-0.2, -0.15) is 8.78 Å². The van der Waals surface area contributed by atoms with Gasteiger partial charge in [0.15, 0.2) is 11.5 Å². The van der Waals surface area contributed by atoms with E-state index >= 15 is 0 Å². The number of alkyl halides is 2. The molecule has 0 bridgehead atoms. The van der Waals surface area contributed by atoms with Gasteiger partial charge in [0.1, 0.15) is 6.10 Å². The Morgan fingerprint density at radius 3 is 2.43 bits per heavy atom. The molecule has 0 aliphatic heterocycles. The van der Waals surface area contributed by atoms with Gasteiger partial charge in [0.05, 0.1) is 16.7 Å². The van der Waals surface area contributed by atoms with Gasteiger partial charge in [0, 0.05) is 31.0 Å². The second kappa shape index (κ2) is 12.3. The van der Waals surface area contributed by atoms with Crippen molar-refractivity contribution in [2.75, 3.05) is 12.3 Å². The minimum absolute atomic E-state index is 0.104. The molecule has 3 aromatic rings. The van der Waals surface area contributed by atoms with Gasteiger partial charge in [-0.3, -0.25) is 4.98 Å². The molecule has 11 heteroatoms. The standard InChI is InChI=1S/C26H25Cl2F2N3O4/c27-20-12-32-13-21(28)19(20)10-23(37-26(34)33-11-15-3-6-18(31)7-4-15)17-5-8-22(36-25(29)30)24(9-17)35-14-16-1-2-16/h3-9,12-13,16,23,25H,1-2,10-11,14,31H2,(H,33,34)/t23-/m0/s1. The van der Waals surface area contributed by atoms with Crippen molar-refractivity contribution in [3.63, 3.8) is 0 Å². The summed E-state index contributed by atoms with van der Waals surface area (Å²) in [6, 6.07) is 11.4. The second-order valence-corrected chi connectivity index (χ2v) is 9.43. The third-order valence-corrected chi connectivity index (χ3v) is 6.39. The van der Waals surface area contributed by atoms with Gasteiger partial charge < -0.3 is 25.3 Å². The summed E-state index contributed by atoms with van der Waals surface area (Å²) >= 11 is 12.6. The van der Waals surface area contributed by atoms with E-state index < -0.39 is 18.8 Å². The molecule has 1 heterocycles. The second-order valence-electron chi connectivity index (χ2n) is 8.61. The predicted octanol–water partition coefficient (Wildman–Crippen LogP) is 6.57. The van der Waals surface area contributed by atoms with Crippen LogP contribution >= 0.6 is 23.2 Å². The third-order valence-electron chi connectivity index (χ3n) is 5.73. The van der Waals surface area contributed by atoms with E-state index in [0.717, 1.165) is 18.4 Å². The van der Waals surface area contributed by atoms with E-state index in [-0.39, 0.29) is 24.5 Å². The number of anilines is 1. The van der Waals surface area contributed by atoms with Gasteiger partial charge >= 0.3 is 12.7 Å². The normalized spacial score (nSPS) is 13.8. The first kappa shape index (κ1) is 26.8. The van der Waals surface area contributed by atoms with Crippen molar-refractivity contribution < 1.29 is 27.8 Å². The van der Waals surface area contributed by atoms with E-state index in [0.29, 0.717) is 39.4 Å². The van der Waals surface area contributed by atoms with Crippen LogP contribution in [-0.4, -0.2) is 24.3 Å². The number of rotatable bonds is 11. The van der Waals surface area contributed by atoms with Crippen LogP contribution in [-0.2, 0) is 17.7 Å². The Morgan fingerprint density at radius 2 is 1.78 bits per heavy atom. The summed E-state index contributed by atoms with van der Waals surface area (Å²) in [5.41, 5.74) is 8.14. The number of nitrogens with zero attached hydrogens (tertiary/aromatic N) is 1. The fraction of sp³-hybridized carbons (Fsp3) is 0.308. The van der Waals surface area contributed by atoms with Gasteiger partial charge in [-0.05, 0) is 59.7 Å². The van der Waals surface area contributed by atoms with Crippen LogP contribution < -0.4 is 20.5 Å². The highest BCUT2D eigenvalue weighted by Gasteiger charge is 2.25. The maximum Gasteiger partial charge on any atom is 0.408 e. The lowest BCUT2D eigenvalue weighted by Crippen LogP contribution is -2.26. The zero-order valence-electron chi connectivity index (χ0n) is 19.6. The number of aromatic nitrogens is 1. The van der Waals surface area contributed by atoms with Crippen LogP contribution in [0.25, 0.3) is 0 Å². The average molecular weight is 552 g/mol. The molecule has 196 valence electrons. The largest absolute Gasteiger partial charge is 0.489 e. The molecule has 0 saturated heterocycles. The molecule has 1 amide bonds.